The first-order valence-corrected chi connectivity index (χ1v) is 11.4. The maximum absolute atomic E-state index is 13.5. The molecule has 0 aliphatic carbocycles. The van der Waals surface area contributed by atoms with Gasteiger partial charge >= 0.3 is 0 Å². The lowest BCUT2D eigenvalue weighted by Gasteiger charge is -2.11. The molecule has 0 bridgehead atoms. The number of aromatic nitrogens is 5. The average molecular weight is 469 g/mol. The van der Waals surface area contributed by atoms with Crippen LogP contribution in [-0.4, -0.2) is 30.5 Å². The summed E-state index contributed by atoms with van der Waals surface area (Å²) in [5.74, 6) is -0.601. The number of nitrogens with zero attached hydrogens (tertiary/aromatic N) is 5. The van der Waals surface area contributed by atoms with Crippen LogP contribution in [0, 0.1) is 19.7 Å². The van der Waals surface area contributed by atoms with Crippen molar-refractivity contribution >= 4 is 22.6 Å². The standard InChI is InChI=1S/C27H25FN6O/c1-16(2)33-26-23(14-29-33)22(13-24(31-26)19-7-5-17(3)6-8-19)27(35)32-25-15-30-34(18(25)4)21-11-9-20(28)10-12-21/h5-16H,1-4H3,(H,32,35). The van der Waals surface area contributed by atoms with Crippen molar-refractivity contribution in [3.05, 3.63) is 89.6 Å². The molecule has 35 heavy (non-hydrogen) atoms. The van der Waals surface area contributed by atoms with Gasteiger partial charge in [0.2, 0.25) is 0 Å². The number of fused-ring (bicyclic) bond motifs is 1. The molecule has 0 spiro atoms. The van der Waals surface area contributed by atoms with Crippen LogP contribution in [0.4, 0.5) is 10.1 Å². The van der Waals surface area contributed by atoms with Gasteiger partial charge in [0, 0.05) is 11.6 Å². The molecule has 0 saturated heterocycles. The number of benzene rings is 2. The van der Waals surface area contributed by atoms with Gasteiger partial charge in [-0.3, -0.25) is 4.79 Å². The molecule has 3 heterocycles. The van der Waals surface area contributed by atoms with E-state index in [0.29, 0.717) is 33.7 Å². The molecule has 7 nitrogen and oxygen atoms in total. The second-order valence-corrected chi connectivity index (χ2v) is 8.83. The highest BCUT2D eigenvalue weighted by molar-refractivity contribution is 6.12. The lowest BCUT2D eigenvalue weighted by molar-refractivity contribution is 0.102. The zero-order valence-corrected chi connectivity index (χ0v) is 20.0. The predicted molar refractivity (Wildman–Crippen MR) is 134 cm³/mol. The highest BCUT2D eigenvalue weighted by Crippen LogP contribution is 2.28. The Morgan fingerprint density at radius 2 is 1.69 bits per heavy atom. The van der Waals surface area contributed by atoms with E-state index in [1.165, 1.54) is 12.1 Å². The molecule has 5 rings (SSSR count). The van der Waals surface area contributed by atoms with Gasteiger partial charge < -0.3 is 5.32 Å². The van der Waals surface area contributed by atoms with Crippen molar-refractivity contribution < 1.29 is 9.18 Å². The van der Waals surface area contributed by atoms with E-state index in [2.05, 4.69) is 15.5 Å². The van der Waals surface area contributed by atoms with Crippen molar-refractivity contribution in [1.82, 2.24) is 24.5 Å². The van der Waals surface area contributed by atoms with Crippen LogP contribution < -0.4 is 5.32 Å². The number of carbonyl (C=O) groups excluding carboxylic acids is 1. The number of anilines is 1. The highest BCUT2D eigenvalue weighted by atomic mass is 19.1. The van der Waals surface area contributed by atoms with Gasteiger partial charge in [0.1, 0.15) is 5.82 Å². The zero-order valence-electron chi connectivity index (χ0n) is 20.0. The summed E-state index contributed by atoms with van der Waals surface area (Å²) in [6.07, 6.45) is 3.28. The Bertz CT molecular complexity index is 1530. The summed E-state index contributed by atoms with van der Waals surface area (Å²) in [7, 11) is 0. The van der Waals surface area contributed by atoms with Gasteiger partial charge in [-0.25, -0.2) is 18.7 Å². The van der Waals surface area contributed by atoms with Gasteiger partial charge in [0.05, 0.1) is 46.1 Å². The van der Waals surface area contributed by atoms with Crippen LogP contribution in [0.15, 0.2) is 67.0 Å². The number of halogens is 1. The van der Waals surface area contributed by atoms with E-state index < -0.39 is 0 Å². The fourth-order valence-electron chi connectivity index (χ4n) is 4.02. The Morgan fingerprint density at radius 3 is 2.37 bits per heavy atom. The largest absolute Gasteiger partial charge is 0.319 e. The summed E-state index contributed by atoms with van der Waals surface area (Å²) >= 11 is 0. The van der Waals surface area contributed by atoms with Crippen molar-refractivity contribution in [3.8, 4) is 16.9 Å². The first-order chi connectivity index (χ1) is 16.8. The number of amides is 1. The second-order valence-electron chi connectivity index (χ2n) is 8.83. The van der Waals surface area contributed by atoms with Crippen molar-refractivity contribution in [2.24, 2.45) is 0 Å². The Morgan fingerprint density at radius 1 is 0.971 bits per heavy atom. The first kappa shape index (κ1) is 22.5. The van der Waals surface area contributed by atoms with Gasteiger partial charge in [-0.1, -0.05) is 29.8 Å². The minimum absolute atomic E-state index is 0.0837. The minimum Gasteiger partial charge on any atom is -0.319 e. The number of aryl methyl sites for hydroxylation is 1. The lowest BCUT2D eigenvalue weighted by atomic mass is 10.0. The summed E-state index contributed by atoms with van der Waals surface area (Å²) in [6.45, 7) is 7.93. The molecule has 8 heteroatoms. The van der Waals surface area contributed by atoms with Crippen LogP contribution in [0.25, 0.3) is 28.0 Å². The molecule has 1 N–H and O–H groups in total. The van der Waals surface area contributed by atoms with Crippen molar-refractivity contribution in [3.63, 3.8) is 0 Å². The normalized spacial score (nSPS) is 11.4. The fraction of sp³-hybridized carbons (Fsp3) is 0.185. The number of hydrogen-bond acceptors (Lipinski definition) is 4. The number of nitrogens with one attached hydrogen (secondary N) is 1. The van der Waals surface area contributed by atoms with Gasteiger partial charge in [0.25, 0.3) is 5.91 Å². The van der Waals surface area contributed by atoms with Gasteiger partial charge in [-0.05, 0) is 58.0 Å². The third-order valence-electron chi connectivity index (χ3n) is 5.98. The maximum Gasteiger partial charge on any atom is 0.256 e. The van der Waals surface area contributed by atoms with E-state index in [0.717, 1.165) is 16.8 Å². The van der Waals surface area contributed by atoms with Gasteiger partial charge in [-0.15, -0.1) is 0 Å². The quantitative estimate of drug-likeness (QED) is 0.350. The van der Waals surface area contributed by atoms with E-state index in [1.54, 1.807) is 35.3 Å². The molecular formula is C27H25FN6O. The number of carbonyl (C=O) groups is 1. The Balaban J connectivity index is 1.55. The molecular weight excluding hydrogens is 443 g/mol. The van der Waals surface area contributed by atoms with E-state index in [9.17, 15) is 9.18 Å². The van der Waals surface area contributed by atoms with Crippen molar-refractivity contribution in [1.29, 1.82) is 0 Å². The average Bonchev–Trinajstić information content (AvgIpc) is 3.43. The number of hydrogen-bond donors (Lipinski definition) is 1. The van der Waals surface area contributed by atoms with Crippen LogP contribution >= 0.6 is 0 Å². The summed E-state index contributed by atoms with van der Waals surface area (Å²) in [5, 5.41) is 12.5. The molecule has 0 aliphatic heterocycles. The van der Waals surface area contributed by atoms with Crippen LogP contribution in [-0.2, 0) is 0 Å². The molecule has 0 radical (unpaired) electrons. The van der Waals surface area contributed by atoms with Crippen molar-refractivity contribution in [2.45, 2.75) is 33.7 Å². The van der Waals surface area contributed by atoms with Crippen molar-refractivity contribution in [2.75, 3.05) is 5.32 Å². The monoisotopic (exact) mass is 468 g/mol. The molecule has 0 unspecified atom stereocenters. The Hall–Kier alpha value is -4.33. The third kappa shape index (κ3) is 4.19. The molecule has 0 aliphatic rings. The van der Waals surface area contributed by atoms with Crippen LogP contribution in [0.5, 0.6) is 0 Å². The molecule has 1 amide bonds. The summed E-state index contributed by atoms with van der Waals surface area (Å²) in [4.78, 5) is 18.4. The molecule has 0 fully saturated rings. The van der Waals surface area contributed by atoms with Crippen LogP contribution in [0.3, 0.4) is 0 Å². The molecule has 0 atom stereocenters. The van der Waals surface area contributed by atoms with E-state index in [4.69, 9.17) is 4.98 Å². The summed E-state index contributed by atoms with van der Waals surface area (Å²) in [6, 6.07) is 16.0. The molecule has 176 valence electrons. The number of rotatable bonds is 5. The highest BCUT2D eigenvalue weighted by Gasteiger charge is 2.20. The summed E-state index contributed by atoms with van der Waals surface area (Å²) < 4.78 is 16.8. The van der Waals surface area contributed by atoms with Gasteiger partial charge in [0.15, 0.2) is 5.65 Å². The molecule has 2 aromatic carbocycles. The fourth-order valence-corrected chi connectivity index (χ4v) is 4.02. The van der Waals surface area contributed by atoms with E-state index in [1.807, 2.05) is 56.6 Å². The first-order valence-electron chi connectivity index (χ1n) is 11.4. The van der Waals surface area contributed by atoms with Crippen LogP contribution in [0.2, 0.25) is 0 Å². The van der Waals surface area contributed by atoms with Gasteiger partial charge in [-0.2, -0.15) is 10.2 Å². The molecule has 3 aromatic heterocycles. The smallest absolute Gasteiger partial charge is 0.256 e. The predicted octanol–water partition coefficient (Wildman–Crippen LogP) is 5.87. The topological polar surface area (TPSA) is 77.6 Å². The maximum atomic E-state index is 13.5. The van der Waals surface area contributed by atoms with Crippen LogP contribution in [0.1, 0.15) is 41.5 Å². The molecule has 5 aromatic rings. The Kier molecular flexibility index (Phi) is 5.64. The Labute approximate surface area is 202 Å². The van der Waals surface area contributed by atoms with E-state index >= 15 is 0 Å². The second kappa shape index (κ2) is 8.79. The summed E-state index contributed by atoms with van der Waals surface area (Å²) in [5.41, 5.74) is 5.90. The SMILES string of the molecule is Cc1ccc(-c2cc(C(=O)Nc3cnn(-c4ccc(F)cc4)c3C)c3cnn(C(C)C)c3n2)cc1. The van der Waals surface area contributed by atoms with E-state index in [-0.39, 0.29) is 17.8 Å². The zero-order chi connectivity index (χ0) is 24.7. The minimum atomic E-state index is -0.319. The number of pyridine rings is 1. The lowest BCUT2D eigenvalue weighted by Crippen LogP contribution is -2.14. The third-order valence-corrected chi connectivity index (χ3v) is 5.98. The molecule has 0 saturated carbocycles.